The third-order valence-corrected chi connectivity index (χ3v) is 7.31. The van der Waals surface area contributed by atoms with E-state index in [-0.39, 0.29) is 42.2 Å². The van der Waals surface area contributed by atoms with Crippen molar-refractivity contribution >= 4 is 34.5 Å². The van der Waals surface area contributed by atoms with Crippen molar-refractivity contribution in [2.24, 2.45) is 5.73 Å². The summed E-state index contributed by atoms with van der Waals surface area (Å²) in [4.78, 5) is 38.2. The number of nitrogen functional groups attached to an aromatic ring is 1. The summed E-state index contributed by atoms with van der Waals surface area (Å²) in [7, 11) is 0. The topological polar surface area (TPSA) is 155 Å². The minimum absolute atomic E-state index is 0.138. The number of hydrogen-bond donors (Lipinski definition) is 3. The number of halogens is 1. The number of nitrogens with two attached hydrogens (primary N) is 2. The second-order valence-electron chi connectivity index (χ2n) is 9.87. The molecule has 0 saturated heterocycles. The number of fused-ring (bicyclic) bond motifs is 2. The van der Waals surface area contributed by atoms with Gasteiger partial charge < -0.3 is 16.8 Å². The average molecular weight is 537 g/mol. The molecule has 0 bridgehead atoms. The van der Waals surface area contributed by atoms with E-state index >= 15 is 0 Å². The Morgan fingerprint density at radius 3 is 2.60 bits per heavy atom. The average Bonchev–Trinajstić information content (AvgIpc) is 3.44. The number of anilines is 2. The summed E-state index contributed by atoms with van der Waals surface area (Å²) in [6, 6.07) is 17.5. The van der Waals surface area contributed by atoms with Gasteiger partial charge >= 0.3 is 0 Å². The molecule has 1 aliphatic heterocycles. The Labute approximate surface area is 228 Å². The van der Waals surface area contributed by atoms with Gasteiger partial charge in [-0.05, 0) is 42.7 Å². The van der Waals surface area contributed by atoms with Crippen molar-refractivity contribution < 1.29 is 14.0 Å². The van der Waals surface area contributed by atoms with Crippen LogP contribution in [0.25, 0.3) is 22.6 Å². The van der Waals surface area contributed by atoms with Crippen molar-refractivity contribution in [3.63, 3.8) is 0 Å². The highest BCUT2D eigenvalue weighted by Gasteiger charge is 2.47. The minimum atomic E-state index is -1.13. The molecule has 10 nitrogen and oxygen atoms in total. The summed E-state index contributed by atoms with van der Waals surface area (Å²) in [5.41, 5.74) is 14.1. The zero-order valence-electron chi connectivity index (χ0n) is 21.6. The largest absolute Gasteiger partial charge is 0.383 e. The van der Waals surface area contributed by atoms with Gasteiger partial charge in [-0.2, -0.15) is 5.10 Å². The van der Waals surface area contributed by atoms with Crippen LogP contribution in [0, 0.1) is 5.82 Å². The van der Waals surface area contributed by atoms with Crippen LogP contribution in [-0.2, 0) is 28.0 Å². The molecule has 4 heterocycles. The molecule has 0 radical (unpaired) electrons. The first-order chi connectivity index (χ1) is 19.3. The van der Waals surface area contributed by atoms with E-state index < -0.39 is 5.41 Å². The Bertz CT molecular complexity index is 1800. The van der Waals surface area contributed by atoms with Gasteiger partial charge in [0.15, 0.2) is 11.5 Å². The van der Waals surface area contributed by atoms with Gasteiger partial charge in [-0.15, -0.1) is 0 Å². The van der Waals surface area contributed by atoms with Crippen LogP contribution in [0.5, 0.6) is 0 Å². The molecule has 5 aromatic rings. The number of rotatable bonds is 7. The number of amides is 2. The molecule has 1 unspecified atom stereocenters. The monoisotopic (exact) mass is 536 g/mol. The first kappa shape index (κ1) is 25.1. The molecule has 5 N–H and O–H groups in total. The van der Waals surface area contributed by atoms with Gasteiger partial charge in [0, 0.05) is 18.2 Å². The zero-order valence-corrected chi connectivity index (χ0v) is 21.6. The number of carbonyl (C=O) groups excluding carboxylic acids is 2. The SMILES string of the molecule is CC1(c2ccc(CCC(N)=O)cc2)C(=O)Nc2nc(-c3nn(Cc4ccccc4F)c4ncccc34)nc(N)c21. The predicted octanol–water partition coefficient (Wildman–Crippen LogP) is 3.33. The van der Waals surface area contributed by atoms with Crippen molar-refractivity contribution in [1.82, 2.24) is 24.7 Å². The molecular weight excluding hydrogens is 511 g/mol. The summed E-state index contributed by atoms with van der Waals surface area (Å²) in [6.45, 7) is 1.93. The van der Waals surface area contributed by atoms with Crippen LogP contribution >= 0.6 is 0 Å². The Morgan fingerprint density at radius 2 is 1.85 bits per heavy atom. The number of pyridine rings is 1. The van der Waals surface area contributed by atoms with Gasteiger partial charge in [0.25, 0.3) is 0 Å². The quantitative estimate of drug-likeness (QED) is 0.288. The van der Waals surface area contributed by atoms with Crippen molar-refractivity contribution in [1.29, 1.82) is 0 Å². The highest BCUT2D eigenvalue weighted by molar-refractivity contribution is 6.09. The first-order valence-corrected chi connectivity index (χ1v) is 12.7. The zero-order chi connectivity index (χ0) is 28.0. The summed E-state index contributed by atoms with van der Waals surface area (Å²) in [5.74, 6) is -0.353. The highest BCUT2D eigenvalue weighted by atomic mass is 19.1. The molecule has 0 aliphatic carbocycles. The molecule has 2 amide bonds. The van der Waals surface area contributed by atoms with Gasteiger partial charge in [-0.3, -0.25) is 9.59 Å². The summed E-state index contributed by atoms with van der Waals surface area (Å²) in [6.07, 6.45) is 2.38. The number of carbonyl (C=O) groups is 2. The molecule has 0 fully saturated rings. The molecule has 11 heteroatoms. The highest BCUT2D eigenvalue weighted by Crippen LogP contribution is 2.45. The van der Waals surface area contributed by atoms with Crippen LogP contribution in [0.1, 0.15) is 35.6 Å². The normalized spacial score (nSPS) is 16.2. The third-order valence-electron chi connectivity index (χ3n) is 7.31. The van der Waals surface area contributed by atoms with Crippen LogP contribution in [0.3, 0.4) is 0 Å². The van der Waals surface area contributed by atoms with E-state index in [1.165, 1.54) is 6.07 Å². The predicted molar refractivity (Wildman–Crippen MR) is 148 cm³/mol. The van der Waals surface area contributed by atoms with Gasteiger partial charge in [-0.1, -0.05) is 42.5 Å². The smallest absolute Gasteiger partial charge is 0.240 e. The molecule has 1 aliphatic rings. The molecule has 40 heavy (non-hydrogen) atoms. The van der Waals surface area contributed by atoms with E-state index in [0.29, 0.717) is 45.7 Å². The lowest BCUT2D eigenvalue weighted by Crippen LogP contribution is -2.33. The number of benzene rings is 2. The minimum Gasteiger partial charge on any atom is -0.383 e. The van der Waals surface area contributed by atoms with Gasteiger partial charge in [0.05, 0.1) is 17.5 Å². The number of nitrogens with zero attached hydrogens (tertiary/aromatic N) is 5. The van der Waals surface area contributed by atoms with E-state index in [1.54, 1.807) is 42.1 Å². The van der Waals surface area contributed by atoms with E-state index in [4.69, 9.17) is 11.5 Å². The fourth-order valence-electron chi connectivity index (χ4n) is 5.13. The fourth-order valence-corrected chi connectivity index (χ4v) is 5.13. The lowest BCUT2D eigenvalue weighted by atomic mass is 9.77. The molecule has 3 aromatic heterocycles. The Morgan fingerprint density at radius 1 is 1.07 bits per heavy atom. The standard InChI is InChI=1S/C29H25FN8O2/c1-29(18-11-8-16(9-12-18)10-13-21(31)39)22-24(32)34-26(35-25(22)36-28(29)40)23-19-6-4-14-33-27(19)38(37-23)15-17-5-2-3-7-20(17)30/h2-9,11-12,14H,10,13,15H2,1H3,(H2,31,39)(H3,32,34,35,36,40). The molecule has 2 aromatic carbocycles. The van der Waals surface area contributed by atoms with E-state index in [2.05, 4.69) is 25.4 Å². The number of hydrogen-bond acceptors (Lipinski definition) is 7. The Balaban J connectivity index is 1.40. The van der Waals surface area contributed by atoms with Crippen LogP contribution < -0.4 is 16.8 Å². The summed E-state index contributed by atoms with van der Waals surface area (Å²) < 4.78 is 16.0. The molecule has 0 spiro atoms. The molecule has 1 atom stereocenters. The fraction of sp³-hybridized carbons (Fsp3) is 0.172. The summed E-state index contributed by atoms with van der Waals surface area (Å²) >= 11 is 0. The maximum atomic E-state index is 14.4. The van der Waals surface area contributed by atoms with Crippen LogP contribution in [0.2, 0.25) is 0 Å². The third kappa shape index (κ3) is 4.12. The second-order valence-corrected chi connectivity index (χ2v) is 9.87. The van der Waals surface area contributed by atoms with E-state index in [0.717, 1.165) is 5.56 Å². The molecular formula is C29H25FN8O2. The lowest BCUT2D eigenvalue weighted by molar-refractivity contribution is -0.119. The van der Waals surface area contributed by atoms with Crippen LogP contribution in [0.4, 0.5) is 16.0 Å². The van der Waals surface area contributed by atoms with Crippen LogP contribution in [0.15, 0.2) is 66.9 Å². The number of aryl methyl sites for hydroxylation is 1. The second kappa shape index (κ2) is 9.53. The number of nitrogens with one attached hydrogen (secondary N) is 1. The maximum Gasteiger partial charge on any atom is 0.240 e. The van der Waals surface area contributed by atoms with Gasteiger partial charge in [-0.25, -0.2) is 24.0 Å². The molecule has 0 saturated carbocycles. The van der Waals surface area contributed by atoms with Gasteiger partial charge in [0.2, 0.25) is 11.8 Å². The van der Waals surface area contributed by atoms with E-state index in [9.17, 15) is 14.0 Å². The Hall–Kier alpha value is -5.19. The lowest BCUT2D eigenvalue weighted by Gasteiger charge is -2.23. The van der Waals surface area contributed by atoms with Crippen molar-refractivity contribution in [2.45, 2.75) is 31.7 Å². The van der Waals surface area contributed by atoms with E-state index in [1.807, 2.05) is 30.3 Å². The van der Waals surface area contributed by atoms with Gasteiger partial charge in [0.1, 0.15) is 28.6 Å². The van der Waals surface area contributed by atoms with Crippen molar-refractivity contribution in [3.8, 4) is 11.5 Å². The van der Waals surface area contributed by atoms with Crippen molar-refractivity contribution in [2.75, 3.05) is 11.1 Å². The van der Waals surface area contributed by atoms with Crippen LogP contribution in [-0.4, -0.2) is 36.5 Å². The Kier molecular flexibility index (Phi) is 5.98. The first-order valence-electron chi connectivity index (χ1n) is 12.7. The number of aromatic nitrogens is 5. The summed E-state index contributed by atoms with van der Waals surface area (Å²) in [5, 5.41) is 8.20. The molecule has 200 valence electrons. The number of primary amides is 1. The molecule has 6 rings (SSSR count). The van der Waals surface area contributed by atoms with Crippen molar-refractivity contribution in [3.05, 3.63) is 94.9 Å². The maximum absolute atomic E-state index is 14.4.